The highest BCUT2D eigenvalue weighted by Gasteiger charge is 2.16. The number of nitrogens with one attached hydrogen (secondary N) is 1. The summed E-state index contributed by atoms with van der Waals surface area (Å²) in [5, 5.41) is 1.59. The summed E-state index contributed by atoms with van der Waals surface area (Å²) in [6.07, 6.45) is 0. The molecule has 1 rings (SSSR count). The number of carbonyl (C=O) groups is 2. The van der Waals surface area contributed by atoms with Crippen LogP contribution in [0.15, 0.2) is 23.3 Å². The topological polar surface area (TPSA) is 58.5 Å². The Bertz CT molecular complexity index is 482. The number of benzene rings is 1. The summed E-state index contributed by atoms with van der Waals surface area (Å²) in [6.45, 7) is 3.83. The Kier molecular flexibility index (Phi) is 4.66. The van der Waals surface area contributed by atoms with Gasteiger partial charge in [0.15, 0.2) is 0 Å². The lowest BCUT2D eigenvalue weighted by Crippen LogP contribution is -2.17. The number of hydrogen-bond donors (Lipinski definition) is 1. The second-order valence-electron chi connectivity index (χ2n) is 3.44. The van der Waals surface area contributed by atoms with Crippen LogP contribution in [0.4, 0.5) is 5.69 Å². The molecule has 0 heterocycles. The van der Waals surface area contributed by atoms with E-state index in [1.54, 1.807) is 6.07 Å². The van der Waals surface area contributed by atoms with Crippen LogP contribution in [0, 0.1) is 13.8 Å². The fraction of sp³-hybridized carbons (Fsp3) is 0.182. The standard InChI is InChI=1S/C11H10Cl2N2O2/c1-6-3-4-8(7(2)5-6)14-15-9(10(12)16)11(13)17/h3-5,14H,1-2H3. The molecular weight excluding hydrogens is 263 g/mol. The molecule has 1 N–H and O–H groups in total. The zero-order valence-electron chi connectivity index (χ0n) is 9.25. The average Bonchev–Trinajstić information content (AvgIpc) is 2.20. The van der Waals surface area contributed by atoms with E-state index in [4.69, 9.17) is 23.2 Å². The van der Waals surface area contributed by atoms with Crippen LogP contribution in [-0.2, 0) is 9.59 Å². The maximum atomic E-state index is 10.8. The van der Waals surface area contributed by atoms with Gasteiger partial charge in [0.1, 0.15) is 0 Å². The molecule has 0 fully saturated rings. The van der Waals surface area contributed by atoms with Gasteiger partial charge >= 0.3 is 0 Å². The molecule has 90 valence electrons. The maximum absolute atomic E-state index is 10.8. The lowest BCUT2D eigenvalue weighted by molar-refractivity contribution is -0.109. The minimum absolute atomic E-state index is 0.534. The van der Waals surface area contributed by atoms with Gasteiger partial charge in [-0.3, -0.25) is 15.0 Å². The van der Waals surface area contributed by atoms with Gasteiger partial charge in [-0.25, -0.2) is 0 Å². The Morgan fingerprint density at radius 2 is 1.76 bits per heavy atom. The molecule has 17 heavy (non-hydrogen) atoms. The highest BCUT2D eigenvalue weighted by Crippen LogP contribution is 2.16. The highest BCUT2D eigenvalue weighted by atomic mass is 35.5. The fourth-order valence-corrected chi connectivity index (χ4v) is 1.52. The van der Waals surface area contributed by atoms with E-state index in [9.17, 15) is 9.59 Å². The Balaban J connectivity index is 2.95. The molecule has 0 saturated heterocycles. The van der Waals surface area contributed by atoms with E-state index < -0.39 is 16.2 Å². The number of rotatable bonds is 4. The number of hydrazone groups is 1. The van der Waals surface area contributed by atoms with E-state index in [2.05, 4.69) is 10.5 Å². The summed E-state index contributed by atoms with van der Waals surface area (Å²) in [4.78, 5) is 21.7. The largest absolute Gasteiger partial charge is 0.277 e. The fourth-order valence-electron chi connectivity index (χ4n) is 1.22. The highest BCUT2D eigenvalue weighted by molar-refractivity contribution is 7.01. The molecule has 0 aliphatic carbocycles. The van der Waals surface area contributed by atoms with Gasteiger partial charge in [-0.15, -0.1) is 0 Å². The monoisotopic (exact) mass is 272 g/mol. The molecule has 0 spiro atoms. The second-order valence-corrected chi connectivity index (χ2v) is 4.12. The van der Waals surface area contributed by atoms with Crippen molar-refractivity contribution in [2.24, 2.45) is 5.10 Å². The van der Waals surface area contributed by atoms with Crippen LogP contribution in [0.5, 0.6) is 0 Å². The summed E-state index contributed by atoms with van der Waals surface area (Å²) >= 11 is 10.3. The minimum atomic E-state index is -0.998. The van der Waals surface area contributed by atoms with Crippen molar-refractivity contribution in [2.75, 3.05) is 5.43 Å². The second kappa shape index (κ2) is 5.80. The quantitative estimate of drug-likeness (QED) is 0.397. The normalized spacial score (nSPS) is 9.65. The van der Waals surface area contributed by atoms with Crippen LogP contribution < -0.4 is 5.43 Å². The van der Waals surface area contributed by atoms with Gasteiger partial charge < -0.3 is 0 Å². The Morgan fingerprint density at radius 1 is 1.18 bits per heavy atom. The van der Waals surface area contributed by atoms with Gasteiger partial charge in [-0.05, 0) is 48.7 Å². The first-order valence-corrected chi connectivity index (χ1v) is 5.48. The SMILES string of the molecule is Cc1ccc(NN=C(C(=O)Cl)C(=O)Cl)c(C)c1. The summed E-state index contributed by atoms with van der Waals surface area (Å²) < 4.78 is 0. The summed E-state index contributed by atoms with van der Waals surface area (Å²) in [6, 6.07) is 5.58. The molecule has 6 heteroatoms. The number of hydrogen-bond acceptors (Lipinski definition) is 4. The van der Waals surface area contributed by atoms with Crippen LogP contribution in [0.1, 0.15) is 11.1 Å². The molecule has 4 nitrogen and oxygen atoms in total. The molecule has 0 aliphatic heterocycles. The van der Waals surface area contributed by atoms with Gasteiger partial charge in [0, 0.05) is 0 Å². The molecule has 0 aromatic heterocycles. The molecule has 0 bridgehead atoms. The number of nitrogens with zero attached hydrogens (tertiary/aromatic N) is 1. The molecule has 0 unspecified atom stereocenters. The average molecular weight is 273 g/mol. The third-order valence-electron chi connectivity index (χ3n) is 2.04. The Morgan fingerprint density at radius 3 is 2.24 bits per heavy atom. The van der Waals surface area contributed by atoms with Crippen LogP contribution in [0.2, 0.25) is 0 Å². The van der Waals surface area contributed by atoms with E-state index >= 15 is 0 Å². The van der Waals surface area contributed by atoms with Crippen molar-refractivity contribution in [1.29, 1.82) is 0 Å². The third kappa shape index (κ3) is 3.84. The summed E-state index contributed by atoms with van der Waals surface area (Å²) in [5.74, 6) is 0. The van der Waals surface area contributed by atoms with Gasteiger partial charge in [0.25, 0.3) is 10.5 Å². The lowest BCUT2D eigenvalue weighted by atomic mass is 10.1. The van der Waals surface area contributed by atoms with Gasteiger partial charge in [-0.2, -0.15) is 5.10 Å². The molecule has 0 saturated carbocycles. The molecule has 0 amide bonds. The molecule has 1 aromatic carbocycles. The van der Waals surface area contributed by atoms with Crippen molar-refractivity contribution in [3.05, 3.63) is 29.3 Å². The van der Waals surface area contributed by atoms with E-state index in [0.717, 1.165) is 11.1 Å². The van der Waals surface area contributed by atoms with E-state index in [1.807, 2.05) is 26.0 Å². The van der Waals surface area contributed by atoms with Crippen LogP contribution in [0.3, 0.4) is 0 Å². The minimum Gasteiger partial charge on any atom is -0.277 e. The summed E-state index contributed by atoms with van der Waals surface area (Å²) in [7, 11) is 0. The van der Waals surface area contributed by atoms with Gasteiger partial charge in [0.2, 0.25) is 5.71 Å². The maximum Gasteiger partial charge on any atom is 0.277 e. The molecule has 0 aliphatic rings. The molecule has 0 radical (unpaired) electrons. The van der Waals surface area contributed by atoms with Gasteiger partial charge in [-0.1, -0.05) is 17.7 Å². The first-order valence-electron chi connectivity index (χ1n) is 4.72. The van der Waals surface area contributed by atoms with Crippen molar-refractivity contribution in [1.82, 2.24) is 0 Å². The smallest absolute Gasteiger partial charge is 0.277 e. The van der Waals surface area contributed by atoms with Crippen LogP contribution in [-0.4, -0.2) is 16.2 Å². The van der Waals surface area contributed by atoms with Crippen LogP contribution >= 0.6 is 23.2 Å². The van der Waals surface area contributed by atoms with Crippen molar-refractivity contribution in [3.63, 3.8) is 0 Å². The molecular formula is C11H10Cl2N2O2. The Hall–Kier alpha value is -1.39. The predicted molar refractivity (Wildman–Crippen MR) is 68.7 cm³/mol. The van der Waals surface area contributed by atoms with E-state index in [-0.39, 0.29) is 0 Å². The first kappa shape index (κ1) is 13.7. The zero-order valence-corrected chi connectivity index (χ0v) is 10.8. The van der Waals surface area contributed by atoms with E-state index in [0.29, 0.717) is 5.69 Å². The first-order chi connectivity index (χ1) is 7.91. The molecule has 1 aromatic rings. The third-order valence-corrected chi connectivity index (χ3v) is 2.40. The summed E-state index contributed by atoms with van der Waals surface area (Å²) in [5.41, 5.74) is 4.74. The van der Waals surface area contributed by atoms with Crippen molar-refractivity contribution >= 4 is 45.1 Å². The van der Waals surface area contributed by atoms with Gasteiger partial charge in [0.05, 0.1) is 5.69 Å². The van der Waals surface area contributed by atoms with Crippen molar-refractivity contribution in [2.45, 2.75) is 13.8 Å². The van der Waals surface area contributed by atoms with E-state index in [1.165, 1.54) is 0 Å². The van der Waals surface area contributed by atoms with Crippen molar-refractivity contribution in [3.8, 4) is 0 Å². The number of carbonyl (C=O) groups excluding carboxylic acids is 2. The number of anilines is 1. The zero-order chi connectivity index (χ0) is 13.0. The van der Waals surface area contributed by atoms with Crippen LogP contribution in [0.25, 0.3) is 0 Å². The lowest BCUT2D eigenvalue weighted by Gasteiger charge is -2.06. The number of aryl methyl sites for hydroxylation is 2. The predicted octanol–water partition coefficient (Wildman–Crippen LogP) is 2.60. The van der Waals surface area contributed by atoms with Crippen molar-refractivity contribution < 1.29 is 9.59 Å². The number of halogens is 2. The molecule has 0 atom stereocenters. The Labute approximate surface area is 109 Å².